The lowest BCUT2D eigenvalue weighted by Gasteiger charge is -2.25. The summed E-state index contributed by atoms with van der Waals surface area (Å²) >= 11 is 3.69. The zero-order valence-electron chi connectivity index (χ0n) is 12.4. The van der Waals surface area contributed by atoms with Crippen molar-refractivity contribution >= 4 is 21.8 Å². The summed E-state index contributed by atoms with van der Waals surface area (Å²) in [5.74, 6) is 1.18. The molecule has 1 amide bonds. The van der Waals surface area contributed by atoms with Gasteiger partial charge >= 0.3 is 0 Å². The number of hydrogen-bond acceptors (Lipinski definition) is 1. The van der Waals surface area contributed by atoms with Crippen molar-refractivity contribution in [1.29, 1.82) is 0 Å². The van der Waals surface area contributed by atoms with E-state index >= 15 is 0 Å². The number of hydrogen-bond donors (Lipinski definition) is 1. The second-order valence-corrected chi connectivity index (χ2v) is 7.41. The molecule has 1 aliphatic carbocycles. The molecule has 0 aromatic heterocycles. The van der Waals surface area contributed by atoms with Gasteiger partial charge in [0.15, 0.2) is 0 Å². The Morgan fingerprint density at radius 3 is 2.60 bits per heavy atom. The largest absolute Gasteiger partial charge is 0.352 e. The Kier molecular flexibility index (Phi) is 5.64. The molecule has 3 heteroatoms. The molecule has 0 saturated heterocycles. The molecule has 0 spiro atoms. The molecule has 1 fully saturated rings. The average molecular weight is 338 g/mol. The maximum atomic E-state index is 12.1. The first-order valence-electron chi connectivity index (χ1n) is 7.58. The number of alkyl halides is 1. The van der Waals surface area contributed by atoms with E-state index in [1.165, 1.54) is 31.2 Å². The molecule has 0 heterocycles. The van der Waals surface area contributed by atoms with E-state index in [4.69, 9.17) is 0 Å². The third-order valence-corrected chi connectivity index (χ3v) is 4.94. The predicted octanol–water partition coefficient (Wildman–Crippen LogP) is 4.49. The Bertz CT molecular complexity index is 441. The fourth-order valence-electron chi connectivity index (χ4n) is 2.77. The molecule has 2 nitrogen and oxygen atoms in total. The highest BCUT2D eigenvalue weighted by Crippen LogP contribution is 2.28. The molecule has 0 aliphatic heterocycles. The van der Waals surface area contributed by atoms with Crippen LogP contribution in [0.5, 0.6) is 0 Å². The zero-order valence-corrected chi connectivity index (χ0v) is 13.9. The molecule has 20 heavy (non-hydrogen) atoms. The molecule has 1 saturated carbocycles. The van der Waals surface area contributed by atoms with E-state index in [2.05, 4.69) is 47.2 Å². The molecule has 0 radical (unpaired) electrons. The molecular formula is C17H24BrNO. The van der Waals surface area contributed by atoms with E-state index in [-0.39, 0.29) is 5.91 Å². The van der Waals surface area contributed by atoms with Crippen molar-refractivity contribution in [1.82, 2.24) is 5.32 Å². The van der Waals surface area contributed by atoms with Crippen LogP contribution >= 0.6 is 15.9 Å². The third-order valence-electron chi connectivity index (χ3n) is 4.11. The van der Waals surface area contributed by atoms with Gasteiger partial charge in [0.2, 0.25) is 0 Å². The number of rotatable bonds is 4. The second kappa shape index (κ2) is 7.26. The summed E-state index contributed by atoms with van der Waals surface area (Å²) in [6.45, 7) is 5.12. The van der Waals surface area contributed by atoms with Crippen LogP contribution in [0.2, 0.25) is 0 Å². The lowest BCUT2D eigenvalue weighted by Crippen LogP contribution is -2.31. The Balaban J connectivity index is 1.85. The molecule has 2 atom stereocenters. The van der Waals surface area contributed by atoms with E-state index in [0.717, 1.165) is 12.1 Å². The van der Waals surface area contributed by atoms with Crippen LogP contribution in [0.4, 0.5) is 0 Å². The summed E-state index contributed by atoms with van der Waals surface area (Å²) in [5.41, 5.74) is 2.04. The van der Waals surface area contributed by atoms with Crippen molar-refractivity contribution < 1.29 is 4.79 Å². The maximum Gasteiger partial charge on any atom is 0.251 e. The van der Waals surface area contributed by atoms with Crippen LogP contribution in [0.25, 0.3) is 0 Å². The first-order chi connectivity index (χ1) is 9.56. The lowest BCUT2D eigenvalue weighted by atomic mass is 9.89. The van der Waals surface area contributed by atoms with E-state index in [1.54, 1.807) is 0 Å². The van der Waals surface area contributed by atoms with E-state index in [1.807, 2.05) is 12.1 Å². The van der Waals surface area contributed by atoms with Gasteiger partial charge in [-0.3, -0.25) is 4.79 Å². The highest BCUT2D eigenvalue weighted by atomic mass is 79.9. The zero-order chi connectivity index (χ0) is 14.5. The number of carbonyl (C=O) groups is 1. The summed E-state index contributed by atoms with van der Waals surface area (Å²) in [6, 6.07) is 7.96. The molecule has 0 bridgehead atoms. The molecule has 1 aromatic carbocycles. The van der Waals surface area contributed by atoms with Gasteiger partial charge in [-0.15, -0.1) is 0 Å². The van der Waals surface area contributed by atoms with Gasteiger partial charge in [0, 0.05) is 16.9 Å². The summed E-state index contributed by atoms with van der Waals surface area (Å²) in [5, 5.41) is 3.08. The van der Waals surface area contributed by atoms with E-state index in [0.29, 0.717) is 16.7 Å². The van der Waals surface area contributed by atoms with Gasteiger partial charge in [0.25, 0.3) is 5.91 Å². The van der Waals surface area contributed by atoms with Crippen molar-refractivity contribution in [2.45, 2.75) is 50.3 Å². The molecule has 1 aromatic rings. The van der Waals surface area contributed by atoms with Crippen LogP contribution in [0.15, 0.2) is 24.3 Å². The summed E-state index contributed by atoms with van der Waals surface area (Å²) < 4.78 is 0. The van der Waals surface area contributed by atoms with Crippen molar-refractivity contribution in [3.63, 3.8) is 0 Å². The number of nitrogens with one attached hydrogen (secondary N) is 1. The lowest BCUT2D eigenvalue weighted by molar-refractivity contribution is 0.0944. The van der Waals surface area contributed by atoms with Crippen molar-refractivity contribution in [2.75, 3.05) is 6.54 Å². The standard InChI is InChI=1S/C17H24BrNO/c1-12(2)14-6-8-15(9-7-14)17(20)19-11-13-4-3-5-16(18)10-13/h6-9,12-13,16H,3-5,10-11H2,1-2H3,(H,19,20). The van der Waals surface area contributed by atoms with Gasteiger partial charge in [-0.2, -0.15) is 0 Å². The minimum absolute atomic E-state index is 0.0528. The normalized spacial score (nSPS) is 22.8. The van der Waals surface area contributed by atoms with Gasteiger partial charge in [0.1, 0.15) is 0 Å². The highest BCUT2D eigenvalue weighted by molar-refractivity contribution is 9.09. The van der Waals surface area contributed by atoms with E-state index < -0.39 is 0 Å². The van der Waals surface area contributed by atoms with Crippen LogP contribution in [0.3, 0.4) is 0 Å². The first-order valence-corrected chi connectivity index (χ1v) is 8.50. The topological polar surface area (TPSA) is 29.1 Å². The molecule has 1 aliphatic rings. The van der Waals surface area contributed by atoms with Gasteiger partial charge in [-0.05, 0) is 48.8 Å². The Morgan fingerprint density at radius 2 is 2.00 bits per heavy atom. The molecule has 110 valence electrons. The van der Waals surface area contributed by atoms with Crippen molar-refractivity contribution in [3.05, 3.63) is 35.4 Å². The molecule has 2 rings (SSSR count). The van der Waals surface area contributed by atoms with Crippen molar-refractivity contribution in [2.24, 2.45) is 5.92 Å². The molecular weight excluding hydrogens is 314 g/mol. The Hall–Kier alpha value is -0.830. The quantitative estimate of drug-likeness (QED) is 0.805. The summed E-state index contributed by atoms with van der Waals surface area (Å²) in [6.07, 6.45) is 4.93. The van der Waals surface area contributed by atoms with E-state index in [9.17, 15) is 4.79 Å². The predicted molar refractivity (Wildman–Crippen MR) is 87.5 cm³/mol. The monoisotopic (exact) mass is 337 g/mol. The fraction of sp³-hybridized carbons (Fsp3) is 0.588. The van der Waals surface area contributed by atoms with Crippen LogP contribution < -0.4 is 5.32 Å². The minimum Gasteiger partial charge on any atom is -0.352 e. The van der Waals surface area contributed by atoms with Gasteiger partial charge in [-0.25, -0.2) is 0 Å². The van der Waals surface area contributed by atoms with Crippen LogP contribution in [-0.4, -0.2) is 17.3 Å². The second-order valence-electron chi connectivity index (χ2n) is 6.12. The number of benzene rings is 1. The van der Waals surface area contributed by atoms with Crippen LogP contribution in [0, 0.1) is 5.92 Å². The average Bonchev–Trinajstić information content (AvgIpc) is 2.45. The number of carbonyl (C=O) groups excluding carboxylic acids is 1. The van der Waals surface area contributed by atoms with Crippen molar-refractivity contribution in [3.8, 4) is 0 Å². The van der Waals surface area contributed by atoms with Gasteiger partial charge < -0.3 is 5.32 Å². The van der Waals surface area contributed by atoms with Gasteiger partial charge in [0.05, 0.1) is 0 Å². The SMILES string of the molecule is CC(C)c1ccc(C(=O)NCC2CCCC(Br)C2)cc1. The number of halogens is 1. The molecule has 2 unspecified atom stereocenters. The third kappa shape index (κ3) is 4.34. The molecule has 1 N–H and O–H groups in total. The first kappa shape index (κ1) is 15.6. The number of amides is 1. The van der Waals surface area contributed by atoms with Crippen LogP contribution in [0.1, 0.15) is 61.4 Å². The Labute approximate surface area is 130 Å². The minimum atomic E-state index is 0.0528. The van der Waals surface area contributed by atoms with Crippen LogP contribution in [-0.2, 0) is 0 Å². The fourth-order valence-corrected chi connectivity index (χ4v) is 3.62. The maximum absolute atomic E-state index is 12.1. The van der Waals surface area contributed by atoms with Gasteiger partial charge in [-0.1, -0.05) is 48.3 Å². The summed E-state index contributed by atoms with van der Waals surface area (Å²) in [7, 11) is 0. The highest BCUT2D eigenvalue weighted by Gasteiger charge is 2.20. The summed E-state index contributed by atoms with van der Waals surface area (Å²) in [4.78, 5) is 12.8. The smallest absolute Gasteiger partial charge is 0.251 e. The Morgan fingerprint density at radius 1 is 1.30 bits per heavy atom.